The molecule has 0 amide bonds. The number of hydrogen-bond acceptors (Lipinski definition) is 3. The van der Waals surface area contributed by atoms with E-state index in [9.17, 15) is 0 Å². The molecule has 0 unspecified atom stereocenters. The van der Waals surface area contributed by atoms with Gasteiger partial charge in [0.05, 0.1) is 11.3 Å². The van der Waals surface area contributed by atoms with Crippen LogP contribution in [0.4, 0.5) is 5.82 Å². The van der Waals surface area contributed by atoms with Crippen molar-refractivity contribution in [2.75, 3.05) is 5.73 Å². The SMILES string of the molecule is Cn1nc(-c2ccn[nH]2)c(-c2cccc(Cl)c2)c1N. The van der Waals surface area contributed by atoms with E-state index in [-0.39, 0.29) is 0 Å². The molecule has 96 valence electrons. The van der Waals surface area contributed by atoms with Crippen molar-refractivity contribution in [1.29, 1.82) is 0 Å². The van der Waals surface area contributed by atoms with Crippen molar-refractivity contribution in [3.8, 4) is 22.5 Å². The first kappa shape index (κ1) is 11.8. The highest BCUT2D eigenvalue weighted by Crippen LogP contribution is 2.35. The Kier molecular flexibility index (Phi) is 2.76. The molecule has 5 nitrogen and oxygen atoms in total. The van der Waals surface area contributed by atoms with Crippen LogP contribution >= 0.6 is 11.6 Å². The largest absolute Gasteiger partial charge is 0.383 e. The topological polar surface area (TPSA) is 72.5 Å². The van der Waals surface area contributed by atoms with Gasteiger partial charge < -0.3 is 5.73 Å². The van der Waals surface area contributed by atoms with Crippen LogP contribution in [-0.4, -0.2) is 20.0 Å². The molecule has 0 saturated heterocycles. The molecule has 0 fully saturated rings. The van der Waals surface area contributed by atoms with Gasteiger partial charge in [-0.25, -0.2) is 0 Å². The summed E-state index contributed by atoms with van der Waals surface area (Å²) in [6.45, 7) is 0. The standard InChI is InChI=1S/C13H12ClN5/c1-19-13(15)11(8-3-2-4-9(14)7-8)12(18-19)10-5-6-16-17-10/h2-7H,15H2,1H3,(H,16,17). The summed E-state index contributed by atoms with van der Waals surface area (Å²) in [5.41, 5.74) is 9.49. The van der Waals surface area contributed by atoms with Crippen LogP contribution in [0.25, 0.3) is 22.5 Å². The molecule has 0 saturated carbocycles. The fourth-order valence-electron chi connectivity index (χ4n) is 2.04. The minimum atomic E-state index is 0.590. The molecule has 19 heavy (non-hydrogen) atoms. The van der Waals surface area contributed by atoms with Gasteiger partial charge in [0, 0.05) is 18.3 Å². The summed E-state index contributed by atoms with van der Waals surface area (Å²) in [6, 6.07) is 9.40. The second kappa shape index (κ2) is 4.44. The molecule has 0 aliphatic rings. The number of anilines is 1. The monoisotopic (exact) mass is 273 g/mol. The normalized spacial score (nSPS) is 10.8. The number of rotatable bonds is 2. The number of aromatic amines is 1. The van der Waals surface area contributed by atoms with Gasteiger partial charge in [-0.2, -0.15) is 10.2 Å². The summed E-state index contributed by atoms with van der Waals surface area (Å²) in [5.74, 6) is 0.590. The van der Waals surface area contributed by atoms with Gasteiger partial charge in [-0.1, -0.05) is 23.7 Å². The Morgan fingerprint density at radius 3 is 2.84 bits per heavy atom. The van der Waals surface area contributed by atoms with Gasteiger partial charge in [-0.05, 0) is 23.8 Å². The highest BCUT2D eigenvalue weighted by atomic mass is 35.5. The number of nitrogens with zero attached hydrogens (tertiary/aromatic N) is 3. The number of hydrogen-bond donors (Lipinski definition) is 2. The first-order chi connectivity index (χ1) is 9.16. The Morgan fingerprint density at radius 1 is 1.32 bits per heavy atom. The molecule has 1 aromatic carbocycles. The van der Waals surface area contributed by atoms with Crippen molar-refractivity contribution in [3.05, 3.63) is 41.6 Å². The molecule has 3 aromatic rings. The Morgan fingerprint density at radius 2 is 2.16 bits per heavy atom. The number of halogens is 1. The number of nitrogens with one attached hydrogen (secondary N) is 1. The van der Waals surface area contributed by atoms with Gasteiger partial charge in [0.25, 0.3) is 0 Å². The van der Waals surface area contributed by atoms with Gasteiger partial charge in [0.1, 0.15) is 11.5 Å². The van der Waals surface area contributed by atoms with Gasteiger partial charge in [-0.15, -0.1) is 0 Å². The minimum Gasteiger partial charge on any atom is -0.383 e. The second-order valence-corrected chi connectivity index (χ2v) is 4.65. The Bertz CT molecular complexity index is 715. The number of aryl methyl sites for hydroxylation is 1. The fourth-order valence-corrected chi connectivity index (χ4v) is 2.23. The van der Waals surface area contributed by atoms with E-state index in [1.54, 1.807) is 10.9 Å². The van der Waals surface area contributed by atoms with Crippen molar-refractivity contribution in [1.82, 2.24) is 20.0 Å². The fraction of sp³-hybridized carbons (Fsp3) is 0.0769. The van der Waals surface area contributed by atoms with Crippen LogP contribution < -0.4 is 5.73 Å². The van der Waals surface area contributed by atoms with Gasteiger partial charge >= 0.3 is 0 Å². The third-order valence-corrected chi connectivity index (χ3v) is 3.20. The first-order valence-corrected chi connectivity index (χ1v) is 6.13. The van der Waals surface area contributed by atoms with E-state index in [0.717, 1.165) is 22.5 Å². The number of nitrogens with two attached hydrogens (primary N) is 1. The lowest BCUT2D eigenvalue weighted by Gasteiger charge is -2.03. The summed E-state index contributed by atoms with van der Waals surface area (Å²) in [4.78, 5) is 0. The van der Waals surface area contributed by atoms with Crippen molar-refractivity contribution in [3.63, 3.8) is 0 Å². The summed E-state index contributed by atoms with van der Waals surface area (Å²) in [7, 11) is 1.81. The van der Waals surface area contributed by atoms with Crippen molar-refractivity contribution in [2.24, 2.45) is 7.05 Å². The first-order valence-electron chi connectivity index (χ1n) is 5.75. The van der Waals surface area contributed by atoms with E-state index >= 15 is 0 Å². The maximum Gasteiger partial charge on any atom is 0.129 e. The van der Waals surface area contributed by atoms with E-state index in [1.165, 1.54) is 0 Å². The minimum absolute atomic E-state index is 0.590. The molecule has 0 aliphatic carbocycles. The second-order valence-electron chi connectivity index (χ2n) is 4.21. The van der Waals surface area contributed by atoms with Crippen LogP contribution in [-0.2, 0) is 7.05 Å². The lowest BCUT2D eigenvalue weighted by Crippen LogP contribution is -1.97. The van der Waals surface area contributed by atoms with Crippen LogP contribution in [0.15, 0.2) is 36.5 Å². The molecule has 0 aliphatic heterocycles. The summed E-state index contributed by atoms with van der Waals surface area (Å²) >= 11 is 6.04. The maximum absolute atomic E-state index is 6.11. The highest BCUT2D eigenvalue weighted by Gasteiger charge is 2.18. The van der Waals surface area contributed by atoms with Gasteiger partial charge in [0.15, 0.2) is 0 Å². The molecule has 2 aromatic heterocycles. The average molecular weight is 274 g/mol. The third-order valence-electron chi connectivity index (χ3n) is 2.96. The quantitative estimate of drug-likeness (QED) is 0.754. The summed E-state index contributed by atoms with van der Waals surface area (Å²) < 4.78 is 1.65. The molecule has 6 heteroatoms. The Hall–Kier alpha value is -2.27. The molecule has 3 rings (SSSR count). The molecule has 0 radical (unpaired) electrons. The highest BCUT2D eigenvalue weighted by molar-refractivity contribution is 6.30. The van der Waals surface area contributed by atoms with Crippen molar-refractivity contribution in [2.45, 2.75) is 0 Å². The van der Waals surface area contributed by atoms with E-state index < -0.39 is 0 Å². The van der Waals surface area contributed by atoms with Crippen molar-refractivity contribution >= 4 is 17.4 Å². The third kappa shape index (κ3) is 1.98. The Balaban J connectivity index is 2.26. The maximum atomic E-state index is 6.11. The number of nitrogen functional groups attached to an aromatic ring is 1. The van der Waals surface area contributed by atoms with Crippen molar-refractivity contribution < 1.29 is 0 Å². The smallest absolute Gasteiger partial charge is 0.129 e. The van der Waals surface area contributed by atoms with Crippen LogP contribution in [0.5, 0.6) is 0 Å². The van der Waals surface area contributed by atoms with Crippen LogP contribution in [0.3, 0.4) is 0 Å². The predicted octanol–water partition coefficient (Wildman–Crippen LogP) is 2.71. The zero-order valence-corrected chi connectivity index (χ0v) is 11.0. The number of H-pyrrole nitrogens is 1. The zero-order valence-electron chi connectivity index (χ0n) is 10.3. The molecule has 3 N–H and O–H groups in total. The van der Waals surface area contributed by atoms with Crippen LogP contribution in [0.1, 0.15) is 0 Å². The molecule has 2 heterocycles. The van der Waals surface area contributed by atoms with E-state index in [0.29, 0.717) is 10.8 Å². The lowest BCUT2D eigenvalue weighted by atomic mass is 10.0. The molecular formula is C13H12ClN5. The molecule has 0 atom stereocenters. The van der Waals surface area contributed by atoms with E-state index in [2.05, 4.69) is 15.3 Å². The molecule has 0 bridgehead atoms. The predicted molar refractivity (Wildman–Crippen MR) is 75.6 cm³/mol. The zero-order chi connectivity index (χ0) is 13.4. The van der Waals surface area contributed by atoms with E-state index in [1.807, 2.05) is 37.4 Å². The summed E-state index contributed by atoms with van der Waals surface area (Å²) in [6.07, 6.45) is 1.68. The number of benzene rings is 1. The van der Waals surface area contributed by atoms with Gasteiger partial charge in [-0.3, -0.25) is 9.78 Å². The summed E-state index contributed by atoms with van der Waals surface area (Å²) in [5, 5.41) is 12.0. The van der Waals surface area contributed by atoms with Gasteiger partial charge in [0.2, 0.25) is 0 Å². The van der Waals surface area contributed by atoms with Crippen LogP contribution in [0.2, 0.25) is 5.02 Å². The lowest BCUT2D eigenvalue weighted by molar-refractivity contribution is 0.781. The Labute approximate surface area is 115 Å². The average Bonchev–Trinajstić information content (AvgIpc) is 2.99. The molecular weight excluding hydrogens is 262 g/mol. The van der Waals surface area contributed by atoms with Crippen LogP contribution in [0, 0.1) is 0 Å². The van der Waals surface area contributed by atoms with E-state index in [4.69, 9.17) is 17.3 Å². The molecule has 0 spiro atoms. The number of aromatic nitrogens is 4.